The molecule has 1 heterocycles. The highest BCUT2D eigenvalue weighted by Crippen LogP contribution is 2.39. The number of rotatable bonds is 5. The minimum atomic E-state index is -0.254. The number of amides is 1. The van der Waals surface area contributed by atoms with E-state index in [0.29, 0.717) is 16.5 Å². The molecule has 1 aromatic heterocycles. The molecule has 0 unspecified atom stereocenters. The van der Waals surface area contributed by atoms with Gasteiger partial charge in [0.05, 0.1) is 5.69 Å². The number of carbonyl (C=O) groups excluding carboxylic acids is 1. The van der Waals surface area contributed by atoms with Gasteiger partial charge in [0.25, 0.3) is 5.91 Å². The molecule has 6 nitrogen and oxygen atoms in total. The molecule has 3 aromatic rings. The highest BCUT2D eigenvalue weighted by molar-refractivity contribution is 6.30. The van der Waals surface area contributed by atoms with Gasteiger partial charge in [0.2, 0.25) is 0 Å². The van der Waals surface area contributed by atoms with Crippen molar-refractivity contribution in [2.45, 2.75) is 58.4 Å². The summed E-state index contributed by atoms with van der Waals surface area (Å²) in [4.78, 5) is 13.2. The Bertz CT molecular complexity index is 1110. The van der Waals surface area contributed by atoms with E-state index in [1.807, 2.05) is 42.5 Å². The number of halogens is 1. The Kier molecular flexibility index (Phi) is 5.38. The van der Waals surface area contributed by atoms with E-state index >= 15 is 0 Å². The van der Waals surface area contributed by atoms with Crippen LogP contribution >= 0.6 is 11.6 Å². The molecule has 1 N–H and O–H groups in total. The summed E-state index contributed by atoms with van der Waals surface area (Å²) < 4.78 is 1.71. The molecular weight excluding hydrogens is 410 g/mol. The van der Waals surface area contributed by atoms with E-state index in [0.717, 1.165) is 35.5 Å². The van der Waals surface area contributed by atoms with Crippen LogP contribution in [0.4, 0.5) is 0 Å². The zero-order valence-electron chi connectivity index (χ0n) is 18.6. The monoisotopic (exact) mass is 437 g/mol. The Morgan fingerprint density at radius 3 is 2.32 bits per heavy atom. The van der Waals surface area contributed by atoms with Crippen molar-refractivity contribution in [1.29, 1.82) is 0 Å². The molecular formula is C24H28ClN5O. The third kappa shape index (κ3) is 4.64. The zero-order valence-corrected chi connectivity index (χ0v) is 19.4. The van der Waals surface area contributed by atoms with Crippen LogP contribution in [0.5, 0.6) is 0 Å². The Balaban J connectivity index is 1.80. The van der Waals surface area contributed by atoms with Crippen molar-refractivity contribution in [3.05, 3.63) is 58.9 Å². The average Bonchev–Trinajstić information content (AvgIpc) is 3.44. The lowest BCUT2D eigenvalue weighted by Gasteiger charge is -2.26. The number of nitrogens with one attached hydrogen (secondary N) is 1. The first-order valence-electron chi connectivity index (χ1n) is 10.6. The molecule has 1 amide bonds. The summed E-state index contributed by atoms with van der Waals surface area (Å²) in [6.45, 7) is 10.4. The smallest absolute Gasteiger partial charge is 0.251 e. The lowest BCUT2D eigenvalue weighted by molar-refractivity contribution is 0.0903. The van der Waals surface area contributed by atoms with Crippen LogP contribution in [0.15, 0.2) is 42.5 Å². The van der Waals surface area contributed by atoms with Crippen LogP contribution in [0.2, 0.25) is 5.02 Å². The number of aromatic nitrogens is 4. The molecule has 0 saturated heterocycles. The van der Waals surface area contributed by atoms with E-state index in [4.69, 9.17) is 11.6 Å². The number of carbonyl (C=O) groups is 1. The van der Waals surface area contributed by atoms with Gasteiger partial charge in [-0.25, -0.2) is 0 Å². The summed E-state index contributed by atoms with van der Waals surface area (Å²) in [5.41, 5.74) is 2.70. The summed E-state index contributed by atoms with van der Waals surface area (Å²) in [5.74, 6) is 1.16. The standard InChI is InChI=1S/C24H28ClN5O/c1-23(2,3)22-27-28-29-30(22)20-13-16(15-6-10-19(25)11-7-15)12-17(14-20)21(31)26-24(4,5)18-8-9-18/h6-7,10-14,18H,8-9H2,1-5H3,(H,26,31). The highest BCUT2D eigenvalue weighted by atomic mass is 35.5. The first kappa shape index (κ1) is 21.5. The van der Waals surface area contributed by atoms with Crippen LogP contribution in [0, 0.1) is 5.92 Å². The topological polar surface area (TPSA) is 72.7 Å². The van der Waals surface area contributed by atoms with E-state index < -0.39 is 0 Å². The van der Waals surface area contributed by atoms with Crippen molar-refractivity contribution in [3.8, 4) is 16.8 Å². The van der Waals surface area contributed by atoms with E-state index in [-0.39, 0.29) is 16.9 Å². The Labute approximate surface area is 188 Å². The number of benzene rings is 2. The van der Waals surface area contributed by atoms with Crippen LogP contribution in [0.1, 0.15) is 63.6 Å². The highest BCUT2D eigenvalue weighted by Gasteiger charge is 2.39. The lowest BCUT2D eigenvalue weighted by atomic mass is 9.95. The molecule has 31 heavy (non-hydrogen) atoms. The van der Waals surface area contributed by atoms with E-state index in [1.54, 1.807) is 4.68 Å². The molecule has 1 aliphatic rings. The van der Waals surface area contributed by atoms with Crippen molar-refractivity contribution >= 4 is 17.5 Å². The van der Waals surface area contributed by atoms with Gasteiger partial charge in [0.15, 0.2) is 5.82 Å². The molecule has 0 aliphatic heterocycles. The van der Waals surface area contributed by atoms with Crippen molar-refractivity contribution in [2.24, 2.45) is 5.92 Å². The zero-order chi connectivity index (χ0) is 22.4. The lowest BCUT2D eigenvalue weighted by Crippen LogP contribution is -2.45. The molecule has 2 aromatic carbocycles. The molecule has 0 spiro atoms. The molecule has 1 aliphatic carbocycles. The van der Waals surface area contributed by atoms with E-state index in [9.17, 15) is 4.79 Å². The number of nitrogens with zero attached hydrogens (tertiary/aromatic N) is 4. The first-order valence-corrected chi connectivity index (χ1v) is 11.0. The summed E-state index contributed by atoms with van der Waals surface area (Å²) in [7, 11) is 0. The minimum absolute atomic E-state index is 0.0978. The third-order valence-electron chi connectivity index (χ3n) is 5.78. The maximum atomic E-state index is 13.2. The molecule has 0 radical (unpaired) electrons. The van der Waals surface area contributed by atoms with Gasteiger partial charge < -0.3 is 5.32 Å². The summed E-state index contributed by atoms with van der Waals surface area (Å²) in [6.07, 6.45) is 2.31. The number of hydrogen-bond donors (Lipinski definition) is 1. The molecule has 162 valence electrons. The van der Waals surface area contributed by atoms with E-state index in [2.05, 4.69) is 55.5 Å². The minimum Gasteiger partial charge on any atom is -0.347 e. The van der Waals surface area contributed by atoms with Gasteiger partial charge in [-0.3, -0.25) is 4.79 Å². The first-order chi connectivity index (χ1) is 14.5. The van der Waals surface area contributed by atoms with Gasteiger partial charge in [-0.15, -0.1) is 5.10 Å². The predicted octanol–water partition coefficient (Wildman–Crippen LogP) is 5.20. The van der Waals surface area contributed by atoms with Crippen LogP contribution < -0.4 is 5.32 Å². The van der Waals surface area contributed by atoms with Crippen molar-refractivity contribution in [1.82, 2.24) is 25.5 Å². The molecule has 1 fully saturated rings. The summed E-state index contributed by atoms with van der Waals surface area (Å²) in [6, 6.07) is 13.3. The quantitative estimate of drug-likeness (QED) is 0.595. The predicted molar refractivity (Wildman–Crippen MR) is 123 cm³/mol. The molecule has 0 atom stereocenters. The fraction of sp³-hybridized carbons (Fsp3) is 0.417. The van der Waals surface area contributed by atoms with Crippen LogP contribution in [0.3, 0.4) is 0 Å². The van der Waals surface area contributed by atoms with Gasteiger partial charge in [-0.1, -0.05) is 44.5 Å². The van der Waals surface area contributed by atoms with Gasteiger partial charge in [0.1, 0.15) is 0 Å². The van der Waals surface area contributed by atoms with Crippen LogP contribution in [-0.4, -0.2) is 31.7 Å². The normalized spacial score (nSPS) is 14.5. The van der Waals surface area contributed by atoms with Crippen molar-refractivity contribution in [3.63, 3.8) is 0 Å². The summed E-state index contributed by atoms with van der Waals surface area (Å²) >= 11 is 6.08. The number of hydrogen-bond acceptors (Lipinski definition) is 4. The van der Waals surface area contributed by atoms with Crippen LogP contribution in [0.25, 0.3) is 16.8 Å². The van der Waals surface area contributed by atoms with Gasteiger partial charge in [0, 0.05) is 21.5 Å². The van der Waals surface area contributed by atoms with Gasteiger partial charge >= 0.3 is 0 Å². The molecule has 4 rings (SSSR count). The van der Waals surface area contributed by atoms with E-state index in [1.165, 1.54) is 0 Å². The van der Waals surface area contributed by atoms with Crippen molar-refractivity contribution in [2.75, 3.05) is 0 Å². The Hall–Kier alpha value is -2.73. The van der Waals surface area contributed by atoms with Crippen LogP contribution in [-0.2, 0) is 5.41 Å². The molecule has 1 saturated carbocycles. The largest absolute Gasteiger partial charge is 0.347 e. The van der Waals surface area contributed by atoms with Gasteiger partial charge in [-0.05, 0) is 84.5 Å². The molecule has 0 bridgehead atoms. The SMILES string of the molecule is CC(C)(C)c1nnnn1-c1cc(C(=O)NC(C)(C)C2CC2)cc(-c2ccc(Cl)cc2)c1. The maximum absolute atomic E-state index is 13.2. The average molecular weight is 438 g/mol. The van der Waals surface area contributed by atoms with Gasteiger partial charge in [-0.2, -0.15) is 4.68 Å². The second kappa shape index (κ2) is 7.75. The Morgan fingerprint density at radius 2 is 1.71 bits per heavy atom. The maximum Gasteiger partial charge on any atom is 0.251 e. The second-order valence-electron chi connectivity index (χ2n) is 9.89. The van der Waals surface area contributed by atoms with Crippen molar-refractivity contribution < 1.29 is 4.79 Å². The Morgan fingerprint density at radius 1 is 1.03 bits per heavy atom. The number of tetrazole rings is 1. The molecule has 7 heteroatoms. The fourth-order valence-corrected chi connectivity index (χ4v) is 3.90. The third-order valence-corrected chi connectivity index (χ3v) is 6.03. The summed E-state index contributed by atoms with van der Waals surface area (Å²) in [5, 5.41) is 16.2. The second-order valence-corrected chi connectivity index (χ2v) is 10.3. The fourth-order valence-electron chi connectivity index (χ4n) is 3.77.